The maximum absolute atomic E-state index is 9.24. The number of nitrogens with one attached hydrogen (secondary N) is 1. The molecule has 1 atom stereocenters. The highest BCUT2D eigenvalue weighted by Gasteiger charge is 2.45. The molecule has 0 amide bonds. The zero-order chi connectivity index (χ0) is 12.0. The minimum absolute atomic E-state index is 0.0136. The van der Waals surface area contributed by atoms with Gasteiger partial charge in [-0.25, -0.2) is 0 Å². The van der Waals surface area contributed by atoms with E-state index in [1.807, 2.05) is 0 Å². The molecule has 0 radical (unpaired) electrons. The highest BCUT2D eigenvalue weighted by molar-refractivity contribution is 4.99. The van der Waals surface area contributed by atoms with E-state index in [4.69, 9.17) is 4.74 Å². The Morgan fingerprint density at radius 2 is 1.88 bits per heavy atom. The zero-order valence-corrected chi connectivity index (χ0v) is 10.9. The summed E-state index contributed by atoms with van der Waals surface area (Å²) < 4.78 is 6.04. The molecule has 1 aliphatic heterocycles. The summed E-state index contributed by atoms with van der Waals surface area (Å²) in [6.45, 7) is 9.65. The van der Waals surface area contributed by atoms with Crippen LogP contribution >= 0.6 is 0 Å². The molecule has 2 aliphatic rings. The molecule has 1 saturated carbocycles. The first-order chi connectivity index (χ1) is 7.28. The molecule has 1 aliphatic carbocycles. The van der Waals surface area contributed by atoms with Crippen molar-refractivity contribution in [3.8, 4) is 0 Å². The summed E-state index contributed by atoms with van der Waals surface area (Å²) in [7, 11) is 0. The third-order valence-corrected chi connectivity index (χ3v) is 3.94. The van der Waals surface area contributed by atoms with Crippen LogP contribution in [-0.4, -0.2) is 35.0 Å². The maximum Gasteiger partial charge on any atom is 0.0787 e. The molecule has 0 aromatic carbocycles. The Labute approximate surface area is 98.6 Å². The van der Waals surface area contributed by atoms with Crippen molar-refractivity contribution in [1.82, 2.24) is 5.32 Å². The van der Waals surface area contributed by atoms with Crippen molar-refractivity contribution < 1.29 is 9.84 Å². The molecular formula is C13H25NO2. The van der Waals surface area contributed by atoms with Gasteiger partial charge >= 0.3 is 0 Å². The van der Waals surface area contributed by atoms with E-state index < -0.39 is 0 Å². The Morgan fingerprint density at radius 3 is 2.31 bits per heavy atom. The molecule has 1 heterocycles. The van der Waals surface area contributed by atoms with Crippen LogP contribution in [0.3, 0.4) is 0 Å². The number of aliphatic hydroxyl groups excluding tert-OH is 1. The molecule has 0 aromatic rings. The van der Waals surface area contributed by atoms with Gasteiger partial charge in [-0.2, -0.15) is 0 Å². The summed E-state index contributed by atoms with van der Waals surface area (Å²) >= 11 is 0. The topological polar surface area (TPSA) is 41.5 Å². The fourth-order valence-corrected chi connectivity index (χ4v) is 3.06. The predicted molar refractivity (Wildman–Crippen MR) is 64.4 cm³/mol. The molecule has 2 fully saturated rings. The monoisotopic (exact) mass is 227 g/mol. The summed E-state index contributed by atoms with van der Waals surface area (Å²) in [5, 5.41) is 12.9. The van der Waals surface area contributed by atoms with Crippen molar-refractivity contribution in [2.24, 2.45) is 5.92 Å². The first kappa shape index (κ1) is 12.3. The number of hydrogen-bond donors (Lipinski definition) is 2. The second kappa shape index (κ2) is 3.97. The van der Waals surface area contributed by atoms with E-state index in [1.165, 1.54) is 0 Å². The number of hydrogen-bond acceptors (Lipinski definition) is 3. The Hall–Kier alpha value is -0.120. The van der Waals surface area contributed by atoms with Crippen molar-refractivity contribution in [2.45, 2.75) is 70.3 Å². The van der Waals surface area contributed by atoms with Crippen LogP contribution in [0.1, 0.15) is 47.0 Å². The first-order valence-corrected chi connectivity index (χ1v) is 6.40. The van der Waals surface area contributed by atoms with Crippen molar-refractivity contribution in [1.29, 1.82) is 0 Å². The molecule has 2 N–H and O–H groups in total. The van der Waals surface area contributed by atoms with Gasteiger partial charge in [-0.15, -0.1) is 0 Å². The van der Waals surface area contributed by atoms with Gasteiger partial charge in [0.25, 0.3) is 0 Å². The van der Waals surface area contributed by atoms with Gasteiger partial charge in [-0.3, -0.25) is 0 Å². The fraction of sp³-hybridized carbons (Fsp3) is 1.00. The summed E-state index contributed by atoms with van der Waals surface area (Å²) in [6.07, 6.45) is 2.94. The average molecular weight is 227 g/mol. The highest BCUT2D eigenvalue weighted by Crippen LogP contribution is 2.37. The SMILES string of the molecule is CC1(C)CC(NCC2CC(O)C2)C(C)(C)O1. The third-order valence-electron chi connectivity index (χ3n) is 3.94. The van der Waals surface area contributed by atoms with Gasteiger partial charge in [0.1, 0.15) is 0 Å². The Balaban J connectivity index is 1.81. The van der Waals surface area contributed by atoms with Crippen molar-refractivity contribution >= 4 is 0 Å². The Morgan fingerprint density at radius 1 is 1.25 bits per heavy atom. The van der Waals surface area contributed by atoms with Gasteiger partial charge < -0.3 is 15.2 Å². The Kier molecular flexibility index (Phi) is 3.06. The number of rotatable bonds is 3. The van der Waals surface area contributed by atoms with E-state index in [0.29, 0.717) is 12.0 Å². The summed E-state index contributed by atoms with van der Waals surface area (Å²) in [4.78, 5) is 0. The molecule has 1 unspecified atom stereocenters. The molecule has 1 saturated heterocycles. The van der Waals surface area contributed by atoms with E-state index >= 15 is 0 Å². The van der Waals surface area contributed by atoms with Gasteiger partial charge in [0.15, 0.2) is 0 Å². The van der Waals surface area contributed by atoms with E-state index in [0.717, 1.165) is 25.8 Å². The molecular weight excluding hydrogens is 202 g/mol. The van der Waals surface area contributed by atoms with Crippen molar-refractivity contribution in [2.75, 3.05) is 6.54 Å². The smallest absolute Gasteiger partial charge is 0.0787 e. The maximum atomic E-state index is 9.24. The van der Waals surface area contributed by atoms with E-state index in [1.54, 1.807) is 0 Å². The van der Waals surface area contributed by atoms with Gasteiger partial charge in [-0.05, 0) is 59.4 Å². The van der Waals surface area contributed by atoms with Crippen LogP contribution in [0.25, 0.3) is 0 Å². The molecule has 16 heavy (non-hydrogen) atoms. The lowest BCUT2D eigenvalue weighted by Gasteiger charge is -2.34. The van der Waals surface area contributed by atoms with Crippen LogP contribution in [0, 0.1) is 5.92 Å². The van der Waals surface area contributed by atoms with Crippen molar-refractivity contribution in [3.63, 3.8) is 0 Å². The van der Waals surface area contributed by atoms with Gasteiger partial charge in [0.05, 0.1) is 17.3 Å². The van der Waals surface area contributed by atoms with E-state index in [-0.39, 0.29) is 17.3 Å². The Bertz CT molecular complexity index is 257. The lowest BCUT2D eigenvalue weighted by molar-refractivity contribution is -0.0704. The summed E-state index contributed by atoms with van der Waals surface area (Å²) in [5.74, 6) is 0.662. The van der Waals surface area contributed by atoms with Gasteiger partial charge in [0.2, 0.25) is 0 Å². The van der Waals surface area contributed by atoms with Crippen LogP contribution in [-0.2, 0) is 4.74 Å². The van der Waals surface area contributed by atoms with Crippen LogP contribution in [0.2, 0.25) is 0 Å². The number of aliphatic hydroxyl groups is 1. The standard InChI is InChI=1S/C13H25NO2/c1-12(2)7-11(13(3,4)16-12)14-8-9-5-10(15)6-9/h9-11,14-15H,5-8H2,1-4H3. The van der Waals surface area contributed by atoms with Crippen LogP contribution in [0.5, 0.6) is 0 Å². The van der Waals surface area contributed by atoms with Gasteiger partial charge in [-0.1, -0.05) is 0 Å². The minimum Gasteiger partial charge on any atom is -0.393 e. The zero-order valence-electron chi connectivity index (χ0n) is 10.9. The van der Waals surface area contributed by atoms with Crippen LogP contribution in [0.4, 0.5) is 0 Å². The highest BCUT2D eigenvalue weighted by atomic mass is 16.5. The molecule has 0 bridgehead atoms. The molecule has 3 heteroatoms. The quantitative estimate of drug-likeness (QED) is 0.771. The number of ether oxygens (including phenoxy) is 1. The molecule has 0 aromatic heterocycles. The molecule has 2 rings (SSSR count). The molecule has 0 spiro atoms. The van der Waals surface area contributed by atoms with Crippen LogP contribution in [0.15, 0.2) is 0 Å². The predicted octanol–water partition coefficient (Wildman–Crippen LogP) is 1.69. The lowest BCUT2D eigenvalue weighted by atomic mass is 9.82. The minimum atomic E-state index is -0.0775. The summed E-state index contributed by atoms with van der Waals surface area (Å²) in [6, 6.07) is 0.431. The van der Waals surface area contributed by atoms with Gasteiger partial charge in [0, 0.05) is 6.04 Å². The molecule has 94 valence electrons. The normalized spacial score (nSPS) is 40.7. The third kappa shape index (κ3) is 2.58. The van der Waals surface area contributed by atoms with E-state index in [2.05, 4.69) is 33.0 Å². The average Bonchev–Trinajstić information content (AvgIpc) is 2.26. The van der Waals surface area contributed by atoms with Crippen molar-refractivity contribution in [3.05, 3.63) is 0 Å². The van der Waals surface area contributed by atoms with Crippen LogP contribution < -0.4 is 5.32 Å². The second-order valence-corrected chi connectivity index (χ2v) is 6.62. The molecule has 3 nitrogen and oxygen atoms in total. The largest absolute Gasteiger partial charge is 0.393 e. The first-order valence-electron chi connectivity index (χ1n) is 6.40. The lowest BCUT2D eigenvalue weighted by Crippen LogP contribution is -2.47. The summed E-state index contributed by atoms with van der Waals surface area (Å²) in [5.41, 5.74) is -0.0911. The van der Waals surface area contributed by atoms with E-state index in [9.17, 15) is 5.11 Å². The fourth-order valence-electron chi connectivity index (χ4n) is 3.06. The second-order valence-electron chi connectivity index (χ2n) is 6.62.